The molecule has 0 aromatic heterocycles. The molecule has 0 rings (SSSR count). The zero-order chi connectivity index (χ0) is 9.07. The Morgan fingerprint density at radius 1 is 1.08 bits per heavy atom. The molecule has 5 heteroatoms. The van der Waals surface area contributed by atoms with E-state index in [-0.39, 0.29) is 35.2 Å². The van der Waals surface area contributed by atoms with Crippen LogP contribution in [0, 0.1) is 5.41 Å². The van der Waals surface area contributed by atoms with E-state index < -0.39 is 17.4 Å². The van der Waals surface area contributed by atoms with Crippen LogP contribution in [0.15, 0.2) is 0 Å². The second-order valence-electron chi connectivity index (χ2n) is 2.36. The van der Waals surface area contributed by atoms with Gasteiger partial charge < -0.3 is 19.8 Å². The molecule has 12 heavy (non-hydrogen) atoms. The van der Waals surface area contributed by atoms with Gasteiger partial charge in [0.25, 0.3) is 0 Å². The van der Waals surface area contributed by atoms with Crippen molar-refractivity contribution in [2.24, 2.45) is 5.41 Å². The van der Waals surface area contributed by atoms with E-state index in [1.807, 2.05) is 0 Å². The average Bonchev–Trinajstić information content (AvgIpc) is 1.90. The summed E-state index contributed by atoms with van der Waals surface area (Å²) in [4.78, 5) is 20.8. The zero-order valence-electron chi connectivity index (χ0n) is 6.85. The third-order valence-electron chi connectivity index (χ3n) is 1.99. The maximum absolute atomic E-state index is 10.4. The van der Waals surface area contributed by atoms with Crippen molar-refractivity contribution in [3.05, 3.63) is 0 Å². The number of hydrogen-bond donors (Lipinski definition) is 0. The van der Waals surface area contributed by atoms with Crippen molar-refractivity contribution in [1.82, 2.24) is 0 Å². The number of rotatable bonds is 4. The Hall–Kier alpha value is -0.320. The first-order chi connectivity index (χ1) is 5.01. The van der Waals surface area contributed by atoms with E-state index in [2.05, 4.69) is 0 Å². The Morgan fingerprint density at radius 3 is 1.33 bits per heavy atom. The van der Waals surface area contributed by atoms with Crippen molar-refractivity contribution in [1.29, 1.82) is 0 Å². The number of carbonyl (C=O) groups excluding carboxylic acids is 2. The third kappa shape index (κ3) is 2.33. The zero-order valence-corrected chi connectivity index (χ0v) is 8.33. The van der Waals surface area contributed by atoms with E-state index in [1.54, 1.807) is 0 Å². The first-order valence-electron chi connectivity index (χ1n) is 3.44. The van der Waals surface area contributed by atoms with Crippen LogP contribution in [0.25, 0.3) is 0 Å². The first kappa shape index (κ1) is 14.2. The molecule has 0 heterocycles. The molecule has 0 aromatic carbocycles. The van der Waals surface area contributed by atoms with Gasteiger partial charge in [0.2, 0.25) is 0 Å². The van der Waals surface area contributed by atoms with Crippen LogP contribution in [0.4, 0.5) is 0 Å². The molecule has 0 aliphatic heterocycles. The predicted molar refractivity (Wildman–Crippen MR) is 33.0 cm³/mol. The Kier molecular flexibility index (Phi) is 6.34. The van der Waals surface area contributed by atoms with Gasteiger partial charge in [-0.25, -0.2) is 0 Å². The van der Waals surface area contributed by atoms with Gasteiger partial charge in [-0.15, -0.1) is 0 Å². The number of carboxylic acid groups (broad SMARTS) is 2. The van der Waals surface area contributed by atoms with Crippen molar-refractivity contribution < 1.29 is 42.2 Å². The fourth-order valence-corrected chi connectivity index (χ4v) is 0.911. The molecule has 0 saturated heterocycles. The van der Waals surface area contributed by atoms with Gasteiger partial charge >= 0.3 is 22.4 Å². The van der Waals surface area contributed by atoms with E-state index >= 15 is 0 Å². The summed E-state index contributed by atoms with van der Waals surface area (Å²) in [6, 6.07) is 0. The topological polar surface area (TPSA) is 80.3 Å². The largest absolute Gasteiger partial charge is 2.00 e. The summed E-state index contributed by atoms with van der Waals surface area (Å²) in [7, 11) is 0. The van der Waals surface area contributed by atoms with Crippen LogP contribution in [0.2, 0.25) is 0 Å². The summed E-state index contributed by atoms with van der Waals surface area (Å²) in [5, 5.41) is 20.8. The van der Waals surface area contributed by atoms with Crippen molar-refractivity contribution in [3.63, 3.8) is 0 Å². The Labute approximate surface area is 86.5 Å². The first-order valence-corrected chi connectivity index (χ1v) is 3.44. The van der Waals surface area contributed by atoms with Gasteiger partial charge in [0.15, 0.2) is 0 Å². The monoisotopic (exact) mass is 265 g/mol. The molecule has 73 valence electrons. The number of carbonyl (C=O) groups is 2. The molecule has 0 aliphatic carbocycles. The minimum absolute atomic E-state index is 0. The van der Waals surface area contributed by atoms with Gasteiger partial charge in [0.05, 0.1) is 11.9 Å². The normalized spacial score (nSPS) is 10.2. The van der Waals surface area contributed by atoms with E-state index in [0.717, 1.165) is 0 Å². The van der Waals surface area contributed by atoms with Crippen LogP contribution in [-0.2, 0) is 32.0 Å². The van der Waals surface area contributed by atoms with E-state index in [1.165, 1.54) is 13.8 Å². The van der Waals surface area contributed by atoms with Crippen molar-refractivity contribution in [2.45, 2.75) is 26.7 Å². The fraction of sp³-hybridized carbons (Fsp3) is 0.714. The number of carboxylic acids is 2. The SMILES string of the molecule is CCC(CC)(C(=O)[O-])C(=O)[O-].[Ag+2]. The summed E-state index contributed by atoms with van der Waals surface area (Å²) in [5.74, 6) is -3.13. The predicted octanol–water partition coefficient (Wildman–Crippen LogP) is -1.71. The third-order valence-corrected chi connectivity index (χ3v) is 1.99. The molecule has 0 fully saturated rings. The minimum Gasteiger partial charge on any atom is -0.549 e. The van der Waals surface area contributed by atoms with Gasteiger partial charge in [-0.3, -0.25) is 0 Å². The van der Waals surface area contributed by atoms with Gasteiger partial charge in [0.1, 0.15) is 0 Å². The molecular formula is C7H10AgO4. The Morgan fingerprint density at radius 2 is 1.33 bits per heavy atom. The second-order valence-corrected chi connectivity index (χ2v) is 2.36. The number of hydrogen-bond acceptors (Lipinski definition) is 4. The average molecular weight is 266 g/mol. The van der Waals surface area contributed by atoms with Crippen molar-refractivity contribution in [2.75, 3.05) is 0 Å². The molecule has 0 unspecified atom stereocenters. The smallest absolute Gasteiger partial charge is 0.549 e. The van der Waals surface area contributed by atoms with Gasteiger partial charge in [-0.05, 0) is 12.8 Å². The molecule has 0 spiro atoms. The molecule has 0 bridgehead atoms. The Balaban J connectivity index is 0. The van der Waals surface area contributed by atoms with E-state index in [4.69, 9.17) is 0 Å². The van der Waals surface area contributed by atoms with Crippen LogP contribution in [0.3, 0.4) is 0 Å². The van der Waals surface area contributed by atoms with E-state index in [9.17, 15) is 19.8 Å². The second kappa shape index (κ2) is 5.35. The maximum Gasteiger partial charge on any atom is 2.00 e. The quantitative estimate of drug-likeness (QED) is 0.448. The summed E-state index contributed by atoms with van der Waals surface area (Å²) in [5.41, 5.74) is -1.81. The Bertz CT molecular complexity index is 158. The summed E-state index contributed by atoms with van der Waals surface area (Å²) >= 11 is 0. The molecule has 0 aliphatic rings. The van der Waals surface area contributed by atoms with Gasteiger partial charge in [-0.2, -0.15) is 0 Å². The molecule has 4 nitrogen and oxygen atoms in total. The molecule has 0 aromatic rings. The van der Waals surface area contributed by atoms with Crippen molar-refractivity contribution in [3.8, 4) is 0 Å². The molecule has 0 atom stereocenters. The van der Waals surface area contributed by atoms with Crippen LogP contribution in [0.5, 0.6) is 0 Å². The van der Waals surface area contributed by atoms with Gasteiger partial charge in [0, 0.05) is 5.41 Å². The van der Waals surface area contributed by atoms with Crippen LogP contribution in [-0.4, -0.2) is 11.9 Å². The molecule has 0 amide bonds. The van der Waals surface area contributed by atoms with E-state index in [0.29, 0.717) is 0 Å². The minimum atomic E-state index is -1.81. The maximum atomic E-state index is 10.4. The molecular weight excluding hydrogens is 256 g/mol. The van der Waals surface area contributed by atoms with Crippen LogP contribution >= 0.6 is 0 Å². The molecule has 0 N–H and O–H groups in total. The molecule has 0 saturated carbocycles. The molecule has 1 radical (unpaired) electrons. The van der Waals surface area contributed by atoms with Gasteiger partial charge in [-0.1, -0.05) is 13.8 Å². The standard InChI is InChI=1S/C7H12O4.Ag/c1-3-7(4-2,5(8)9)6(10)11;/h3-4H2,1-2H3,(H,8,9)(H,10,11);/q;+2/p-2. The summed E-state index contributed by atoms with van der Waals surface area (Å²) in [6.07, 6.45) is -0.0116. The summed E-state index contributed by atoms with van der Waals surface area (Å²) < 4.78 is 0. The number of aliphatic carboxylic acids is 2. The van der Waals surface area contributed by atoms with Crippen LogP contribution < -0.4 is 10.2 Å². The van der Waals surface area contributed by atoms with Crippen LogP contribution in [0.1, 0.15) is 26.7 Å². The summed E-state index contributed by atoms with van der Waals surface area (Å²) in [6.45, 7) is 2.96. The van der Waals surface area contributed by atoms with Crippen molar-refractivity contribution >= 4 is 11.9 Å². The fourth-order valence-electron chi connectivity index (χ4n) is 0.911.